The number of nitrogens with zero attached hydrogens (tertiary/aromatic N) is 4. The maximum atomic E-state index is 11.9. The van der Waals surface area contributed by atoms with Crippen LogP contribution in [0.15, 0.2) is 35.3 Å². The predicted octanol–water partition coefficient (Wildman–Crippen LogP) is 1.92. The lowest BCUT2D eigenvalue weighted by Gasteiger charge is -2.12. The molecule has 0 atom stereocenters. The zero-order valence-electron chi connectivity index (χ0n) is 11.5. The van der Waals surface area contributed by atoms with Gasteiger partial charge in [-0.3, -0.25) is 14.9 Å². The van der Waals surface area contributed by atoms with Crippen LogP contribution in [0.5, 0.6) is 0 Å². The van der Waals surface area contributed by atoms with E-state index >= 15 is 0 Å². The monoisotopic (exact) mass is 308 g/mol. The zero-order chi connectivity index (χ0) is 15.6. The minimum atomic E-state index is -0.558. The van der Waals surface area contributed by atoms with Crippen molar-refractivity contribution in [3.8, 4) is 0 Å². The second kappa shape index (κ2) is 5.92. The minimum absolute atomic E-state index is 0.0620. The maximum absolute atomic E-state index is 11.9. The van der Waals surface area contributed by atoms with Crippen LogP contribution in [0.2, 0.25) is 5.02 Å². The van der Waals surface area contributed by atoms with Crippen LogP contribution >= 0.6 is 11.6 Å². The van der Waals surface area contributed by atoms with Gasteiger partial charge < -0.3 is 4.90 Å². The number of nitro groups is 1. The summed E-state index contributed by atoms with van der Waals surface area (Å²) in [4.78, 5) is 24.0. The molecule has 0 N–H and O–H groups in total. The van der Waals surface area contributed by atoms with E-state index in [9.17, 15) is 14.9 Å². The van der Waals surface area contributed by atoms with Gasteiger partial charge in [-0.1, -0.05) is 17.7 Å². The van der Waals surface area contributed by atoms with E-state index in [1.807, 2.05) is 14.1 Å². The van der Waals surface area contributed by atoms with Crippen LogP contribution in [-0.4, -0.2) is 28.8 Å². The average molecular weight is 309 g/mol. The highest BCUT2D eigenvalue weighted by Crippen LogP contribution is 2.25. The van der Waals surface area contributed by atoms with Crippen molar-refractivity contribution in [3.63, 3.8) is 0 Å². The summed E-state index contributed by atoms with van der Waals surface area (Å²) in [6, 6.07) is 5.87. The fraction of sp³-hybridized carbons (Fsp3) is 0.231. The van der Waals surface area contributed by atoms with Crippen LogP contribution in [-0.2, 0) is 6.54 Å². The van der Waals surface area contributed by atoms with Gasteiger partial charge >= 0.3 is 0 Å². The summed E-state index contributed by atoms with van der Waals surface area (Å²) in [6.45, 7) is 0.143. The first kappa shape index (κ1) is 15.0. The number of aromatic nitrogens is 2. The smallest absolute Gasteiger partial charge is 0.288 e. The lowest BCUT2D eigenvalue weighted by Crippen LogP contribution is -2.24. The van der Waals surface area contributed by atoms with Gasteiger partial charge in [0.2, 0.25) is 0 Å². The molecule has 0 amide bonds. The fourth-order valence-electron chi connectivity index (χ4n) is 1.76. The lowest BCUT2D eigenvalue weighted by atomic mass is 10.2. The van der Waals surface area contributed by atoms with Crippen molar-refractivity contribution < 1.29 is 4.92 Å². The summed E-state index contributed by atoms with van der Waals surface area (Å²) in [5.41, 5.74) is 0.808. The van der Waals surface area contributed by atoms with Crippen LogP contribution in [0, 0.1) is 10.1 Å². The van der Waals surface area contributed by atoms with Crippen molar-refractivity contribution in [1.82, 2.24) is 9.78 Å². The van der Waals surface area contributed by atoms with Gasteiger partial charge in [0.1, 0.15) is 5.02 Å². The Morgan fingerprint density at radius 1 is 1.38 bits per heavy atom. The normalized spacial score (nSPS) is 10.4. The van der Waals surface area contributed by atoms with Gasteiger partial charge in [0.25, 0.3) is 11.2 Å². The van der Waals surface area contributed by atoms with E-state index in [1.165, 1.54) is 22.9 Å². The van der Waals surface area contributed by atoms with Gasteiger partial charge in [0, 0.05) is 26.2 Å². The first-order chi connectivity index (χ1) is 9.88. The quantitative estimate of drug-likeness (QED) is 0.636. The Balaban J connectivity index is 2.32. The van der Waals surface area contributed by atoms with Crippen LogP contribution in [0.4, 0.5) is 11.4 Å². The molecular weight excluding hydrogens is 296 g/mol. The molecule has 0 spiro atoms. The Hall–Kier alpha value is -2.41. The number of benzene rings is 1. The van der Waals surface area contributed by atoms with Crippen molar-refractivity contribution >= 4 is 23.0 Å². The second-order valence-corrected chi connectivity index (χ2v) is 5.05. The van der Waals surface area contributed by atoms with Crippen molar-refractivity contribution in [2.75, 3.05) is 19.0 Å². The van der Waals surface area contributed by atoms with Crippen LogP contribution in [0.25, 0.3) is 0 Å². The molecule has 1 heterocycles. The lowest BCUT2D eigenvalue weighted by molar-refractivity contribution is -0.384. The van der Waals surface area contributed by atoms with E-state index in [0.717, 1.165) is 0 Å². The van der Waals surface area contributed by atoms with E-state index in [4.69, 9.17) is 11.6 Å². The highest BCUT2D eigenvalue weighted by molar-refractivity contribution is 6.32. The molecule has 0 radical (unpaired) electrons. The molecule has 0 aliphatic rings. The van der Waals surface area contributed by atoms with Gasteiger partial charge in [-0.25, -0.2) is 4.68 Å². The Bertz CT molecular complexity index is 742. The van der Waals surface area contributed by atoms with E-state index in [2.05, 4.69) is 5.10 Å². The molecular formula is C13H13ClN4O3. The second-order valence-electron chi connectivity index (χ2n) is 4.65. The maximum Gasteiger partial charge on any atom is 0.288 e. The Morgan fingerprint density at radius 3 is 2.67 bits per heavy atom. The summed E-state index contributed by atoms with van der Waals surface area (Å²) >= 11 is 5.75. The predicted molar refractivity (Wildman–Crippen MR) is 80.0 cm³/mol. The third-order valence-corrected chi connectivity index (χ3v) is 3.23. The molecule has 8 heteroatoms. The standard InChI is InChI=1S/C13H13ClN4O3/c1-16(2)10-6-13(19)17(15-7-10)8-9-3-4-11(14)12(5-9)18(20)21/h3-7H,8H2,1-2H3. The molecule has 0 bridgehead atoms. The number of halogens is 1. The molecule has 0 fully saturated rings. The first-order valence-corrected chi connectivity index (χ1v) is 6.43. The van der Waals surface area contributed by atoms with Gasteiger partial charge in [0.05, 0.1) is 23.4 Å². The van der Waals surface area contributed by atoms with Gasteiger partial charge in [0.15, 0.2) is 0 Å². The van der Waals surface area contributed by atoms with Crippen molar-refractivity contribution in [2.45, 2.75) is 6.54 Å². The van der Waals surface area contributed by atoms with E-state index in [-0.39, 0.29) is 22.8 Å². The molecule has 0 unspecified atom stereocenters. The molecule has 0 saturated carbocycles. The summed E-state index contributed by atoms with van der Waals surface area (Å²) in [7, 11) is 3.62. The number of hydrogen-bond acceptors (Lipinski definition) is 5. The first-order valence-electron chi connectivity index (χ1n) is 6.06. The van der Waals surface area contributed by atoms with E-state index in [0.29, 0.717) is 11.3 Å². The van der Waals surface area contributed by atoms with E-state index < -0.39 is 4.92 Å². The van der Waals surface area contributed by atoms with Crippen LogP contribution < -0.4 is 10.5 Å². The number of hydrogen-bond donors (Lipinski definition) is 0. The Morgan fingerprint density at radius 2 is 2.10 bits per heavy atom. The SMILES string of the molecule is CN(C)c1cnn(Cc2ccc(Cl)c([N+](=O)[O-])c2)c(=O)c1. The molecule has 1 aromatic heterocycles. The summed E-state index contributed by atoms with van der Waals surface area (Å²) in [6.07, 6.45) is 1.56. The third-order valence-electron chi connectivity index (χ3n) is 2.91. The van der Waals surface area contributed by atoms with Crippen LogP contribution in [0.1, 0.15) is 5.56 Å². The van der Waals surface area contributed by atoms with E-state index in [1.54, 1.807) is 17.2 Å². The molecule has 21 heavy (non-hydrogen) atoms. The molecule has 110 valence electrons. The number of rotatable bonds is 4. The third kappa shape index (κ3) is 3.38. The summed E-state index contributed by atoms with van der Waals surface area (Å²) in [5.74, 6) is 0. The van der Waals surface area contributed by atoms with Crippen molar-refractivity contribution in [2.24, 2.45) is 0 Å². The van der Waals surface area contributed by atoms with Gasteiger partial charge in [-0.05, 0) is 11.6 Å². The molecule has 2 aromatic rings. The number of anilines is 1. The highest BCUT2D eigenvalue weighted by atomic mass is 35.5. The molecule has 1 aromatic carbocycles. The zero-order valence-corrected chi connectivity index (χ0v) is 12.2. The Kier molecular flexibility index (Phi) is 4.23. The minimum Gasteiger partial charge on any atom is -0.376 e. The molecule has 0 saturated heterocycles. The summed E-state index contributed by atoms with van der Waals surface area (Å²) < 4.78 is 1.24. The average Bonchev–Trinajstić information content (AvgIpc) is 2.42. The largest absolute Gasteiger partial charge is 0.376 e. The summed E-state index contributed by atoms with van der Waals surface area (Å²) in [5, 5.41) is 15.0. The van der Waals surface area contributed by atoms with Crippen LogP contribution in [0.3, 0.4) is 0 Å². The molecule has 0 aliphatic heterocycles. The number of nitro benzene ring substituents is 1. The Labute approximate surface area is 125 Å². The topological polar surface area (TPSA) is 81.3 Å². The van der Waals surface area contributed by atoms with Gasteiger partial charge in [-0.2, -0.15) is 5.10 Å². The fourth-order valence-corrected chi connectivity index (χ4v) is 1.94. The highest BCUT2D eigenvalue weighted by Gasteiger charge is 2.13. The van der Waals surface area contributed by atoms with Crippen molar-refractivity contribution in [3.05, 3.63) is 61.5 Å². The molecule has 2 rings (SSSR count). The van der Waals surface area contributed by atoms with Gasteiger partial charge in [-0.15, -0.1) is 0 Å². The molecule has 7 nitrogen and oxygen atoms in total. The van der Waals surface area contributed by atoms with Crippen molar-refractivity contribution in [1.29, 1.82) is 0 Å². The molecule has 0 aliphatic carbocycles.